The molecule has 7 heteroatoms. The number of carboxylic acids is 1. The van der Waals surface area contributed by atoms with Gasteiger partial charge < -0.3 is 19.7 Å². The highest BCUT2D eigenvalue weighted by Gasteiger charge is 2.63. The van der Waals surface area contributed by atoms with Crippen LogP contribution >= 0.6 is 0 Å². The topological polar surface area (TPSA) is 110 Å². The minimum absolute atomic E-state index is 0.00456. The third kappa shape index (κ3) is 4.98. The predicted octanol–water partition coefficient (Wildman–Crippen LogP) is 5.99. The number of carboxylic acid groups (broad SMARTS) is 1. The SMILES string of the molecule is CC(=O)OC[C@@]1(CCC(=O)O)C2=C(CC[C@H]1C(C)(C)O)[C@]1(C)CC[C@H]([C@H](C)[C@@H]3CC=C(C)C(=O)O3)[C@@]1(C)CC2. The van der Waals surface area contributed by atoms with E-state index >= 15 is 0 Å². The highest BCUT2D eigenvalue weighted by molar-refractivity contribution is 5.88. The van der Waals surface area contributed by atoms with Crippen LogP contribution in [0.15, 0.2) is 22.8 Å². The van der Waals surface area contributed by atoms with Crippen LogP contribution in [0.4, 0.5) is 0 Å². The van der Waals surface area contributed by atoms with Crippen molar-refractivity contribution in [3.63, 3.8) is 0 Å². The number of hydrogen-bond acceptors (Lipinski definition) is 6. The molecule has 0 bridgehead atoms. The fraction of sp³-hybridized carbons (Fsp3) is 0.781. The zero-order valence-electron chi connectivity index (χ0n) is 24.9. The first-order valence-electron chi connectivity index (χ1n) is 14.7. The summed E-state index contributed by atoms with van der Waals surface area (Å²) in [5, 5.41) is 21.0. The molecule has 2 N–H and O–H groups in total. The minimum Gasteiger partial charge on any atom is -0.481 e. The molecule has 1 fully saturated rings. The third-order valence-electron chi connectivity index (χ3n) is 11.5. The van der Waals surface area contributed by atoms with Crippen LogP contribution < -0.4 is 0 Å². The summed E-state index contributed by atoms with van der Waals surface area (Å²) in [6.07, 6.45) is 8.29. The van der Waals surface area contributed by atoms with Gasteiger partial charge in [-0.25, -0.2) is 4.79 Å². The molecule has 0 spiro atoms. The maximum absolute atomic E-state index is 12.3. The third-order valence-corrected chi connectivity index (χ3v) is 11.5. The van der Waals surface area contributed by atoms with E-state index in [1.54, 1.807) is 13.8 Å². The van der Waals surface area contributed by atoms with Crippen LogP contribution in [0, 0.1) is 34.0 Å². The Kier molecular flexibility index (Phi) is 7.92. The Bertz CT molecular complexity index is 1060. The van der Waals surface area contributed by atoms with Gasteiger partial charge in [0.25, 0.3) is 0 Å². The quantitative estimate of drug-likeness (QED) is 0.285. The number of fused-ring (bicyclic) bond motifs is 2. The molecule has 4 aliphatic rings. The average Bonchev–Trinajstić information content (AvgIpc) is 3.13. The van der Waals surface area contributed by atoms with E-state index in [4.69, 9.17) is 9.47 Å². The lowest BCUT2D eigenvalue weighted by Crippen LogP contribution is -2.54. The summed E-state index contributed by atoms with van der Waals surface area (Å²) < 4.78 is 11.6. The summed E-state index contributed by atoms with van der Waals surface area (Å²) in [5.74, 6) is -1.10. The molecule has 0 unspecified atom stereocenters. The second-order valence-corrected chi connectivity index (χ2v) is 13.9. The van der Waals surface area contributed by atoms with E-state index in [9.17, 15) is 24.6 Å². The molecule has 3 aliphatic carbocycles. The molecule has 0 aromatic heterocycles. The van der Waals surface area contributed by atoms with E-state index in [2.05, 4.69) is 20.8 Å². The largest absolute Gasteiger partial charge is 0.481 e. The van der Waals surface area contributed by atoms with Crippen molar-refractivity contribution in [3.8, 4) is 0 Å². The highest BCUT2D eigenvalue weighted by atomic mass is 16.5. The number of aliphatic carboxylic acids is 1. The summed E-state index contributed by atoms with van der Waals surface area (Å²) in [6.45, 7) is 13.9. The van der Waals surface area contributed by atoms with E-state index in [0.717, 1.165) is 44.9 Å². The van der Waals surface area contributed by atoms with Crippen LogP contribution in [-0.2, 0) is 23.9 Å². The van der Waals surface area contributed by atoms with Crippen LogP contribution in [0.5, 0.6) is 0 Å². The van der Waals surface area contributed by atoms with Crippen molar-refractivity contribution < 1.29 is 34.1 Å². The average molecular weight is 545 g/mol. The van der Waals surface area contributed by atoms with Crippen LogP contribution in [0.2, 0.25) is 0 Å². The first kappa shape index (κ1) is 29.8. The highest BCUT2D eigenvalue weighted by Crippen LogP contribution is 2.71. The molecule has 0 aromatic rings. The van der Waals surface area contributed by atoms with E-state index in [1.165, 1.54) is 18.1 Å². The number of aliphatic hydroxyl groups is 1. The lowest BCUT2D eigenvalue weighted by molar-refractivity contribution is -0.151. The molecular weight excluding hydrogens is 496 g/mol. The van der Waals surface area contributed by atoms with Gasteiger partial charge in [-0.3, -0.25) is 9.59 Å². The number of cyclic esters (lactones) is 1. The number of hydrogen-bond donors (Lipinski definition) is 2. The van der Waals surface area contributed by atoms with Crippen molar-refractivity contribution in [2.45, 2.75) is 118 Å². The summed E-state index contributed by atoms with van der Waals surface area (Å²) in [5.41, 5.74) is 1.42. The van der Waals surface area contributed by atoms with E-state index in [1.807, 2.05) is 13.0 Å². The molecule has 0 saturated heterocycles. The van der Waals surface area contributed by atoms with Crippen molar-refractivity contribution in [2.75, 3.05) is 6.61 Å². The molecule has 218 valence electrons. The lowest BCUT2D eigenvalue weighted by Gasteiger charge is -2.59. The zero-order valence-corrected chi connectivity index (χ0v) is 24.9. The van der Waals surface area contributed by atoms with Gasteiger partial charge in [0.05, 0.1) is 5.60 Å². The van der Waals surface area contributed by atoms with Gasteiger partial charge >= 0.3 is 17.9 Å². The van der Waals surface area contributed by atoms with Crippen LogP contribution in [0.25, 0.3) is 0 Å². The fourth-order valence-electron chi connectivity index (χ4n) is 9.29. The first-order chi connectivity index (χ1) is 18.1. The second kappa shape index (κ2) is 10.4. The molecule has 1 aliphatic heterocycles. The molecular formula is C32H48O7. The monoisotopic (exact) mass is 544 g/mol. The van der Waals surface area contributed by atoms with Gasteiger partial charge in [0, 0.05) is 36.7 Å². The molecule has 0 amide bonds. The Hall–Kier alpha value is -2.15. The molecule has 4 rings (SSSR count). The molecule has 7 atom stereocenters. The number of ether oxygens (including phenoxy) is 2. The van der Waals surface area contributed by atoms with Gasteiger partial charge in [-0.05, 0) is 88.4 Å². The number of carbonyl (C=O) groups is 3. The number of rotatable bonds is 8. The van der Waals surface area contributed by atoms with Gasteiger partial charge in [0.15, 0.2) is 0 Å². The number of allylic oxidation sites excluding steroid dienone is 1. The predicted molar refractivity (Wildman–Crippen MR) is 148 cm³/mol. The molecule has 1 saturated carbocycles. The van der Waals surface area contributed by atoms with E-state index < -0.39 is 17.0 Å². The standard InChI is InChI=1S/C32H48O7/c1-19-8-10-25(39-28(19)36)20(2)22-12-15-31(7)23-9-11-26(29(4,5)37)32(17-14-27(34)35,18-38-21(3)33)24(23)13-16-30(22,31)6/h8,20,22,25-26,37H,9-18H2,1-7H3,(H,34,35)/t20-,22+,25-,26-,30+,31-,32-/m0/s1. The van der Waals surface area contributed by atoms with Crippen LogP contribution in [-0.4, -0.2) is 46.4 Å². The van der Waals surface area contributed by atoms with Crippen LogP contribution in [0.3, 0.4) is 0 Å². The fourth-order valence-corrected chi connectivity index (χ4v) is 9.29. The van der Waals surface area contributed by atoms with E-state index in [-0.39, 0.29) is 53.7 Å². The molecule has 0 aromatic carbocycles. The van der Waals surface area contributed by atoms with Gasteiger partial charge in [-0.2, -0.15) is 0 Å². The minimum atomic E-state index is -1.05. The second-order valence-electron chi connectivity index (χ2n) is 13.9. The molecule has 1 heterocycles. The first-order valence-corrected chi connectivity index (χ1v) is 14.7. The molecule has 7 nitrogen and oxygen atoms in total. The normalized spacial score (nSPS) is 37.4. The maximum Gasteiger partial charge on any atom is 0.333 e. The van der Waals surface area contributed by atoms with Crippen LogP contribution in [0.1, 0.15) is 106 Å². The summed E-state index contributed by atoms with van der Waals surface area (Å²) >= 11 is 0. The van der Waals surface area contributed by atoms with Crippen molar-refractivity contribution in [1.29, 1.82) is 0 Å². The van der Waals surface area contributed by atoms with Crippen molar-refractivity contribution >= 4 is 17.9 Å². The van der Waals surface area contributed by atoms with Gasteiger partial charge in [-0.15, -0.1) is 0 Å². The van der Waals surface area contributed by atoms with Gasteiger partial charge in [-0.1, -0.05) is 38.0 Å². The van der Waals surface area contributed by atoms with Crippen molar-refractivity contribution in [1.82, 2.24) is 0 Å². The molecule has 0 radical (unpaired) electrons. The Morgan fingerprint density at radius 2 is 1.87 bits per heavy atom. The van der Waals surface area contributed by atoms with Crippen molar-refractivity contribution in [2.24, 2.45) is 34.0 Å². The lowest BCUT2D eigenvalue weighted by atomic mass is 9.46. The Morgan fingerprint density at radius 3 is 2.46 bits per heavy atom. The number of esters is 2. The smallest absolute Gasteiger partial charge is 0.333 e. The maximum atomic E-state index is 12.3. The van der Waals surface area contributed by atoms with Gasteiger partial charge in [0.1, 0.15) is 12.7 Å². The molecule has 39 heavy (non-hydrogen) atoms. The Balaban J connectivity index is 1.77. The summed E-state index contributed by atoms with van der Waals surface area (Å²) in [4.78, 5) is 36.2. The van der Waals surface area contributed by atoms with Crippen molar-refractivity contribution in [3.05, 3.63) is 22.8 Å². The van der Waals surface area contributed by atoms with Gasteiger partial charge in [0.2, 0.25) is 0 Å². The van der Waals surface area contributed by atoms with E-state index in [0.29, 0.717) is 17.9 Å². The summed E-state index contributed by atoms with van der Waals surface area (Å²) in [7, 11) is 0. The Labute approximate surface area is 233 Å². The number of carbonyl (C=O) groups excluding carboxylic acids is 2. The Morgan fingerprint density at radius 1 is 1.18 bits per heavy atom. The zero-order chi connectivity index (χ0) is 29.0. The summed E-state index contributed by atoms with van der Waals surface area (Å²) in [6, 6.07) is 0.